The minimum Gasteiger partial charge on any atom is -0.370 e. The molecule has 2 aliphatic heterocycles. The van der Waals surface area contributed by atoms with Gasteiger partial charge in [-0.2, -0.15) is 0 Å². The van der Waals surface area contributed by atoms with E-state index in [1.807, 2.05) is 0 Å². The Morgan fingerprint density at radius 1 is 0.538 bits per heavy atom. The highest BCUT2D eigenvalue weighted by Gasteiger charge is 2.42. The van der Waals surface area contributed by atoms with Crippen molar-refractivity contribution in [3.8, 4) is 0 Å². The predicted octanol–water partition coefficient (Wildman–Crippen LogP) is 9.87. The Morgan fingerprint density at radius 3 is 1.21 bits per heavy atom. The van der Waals surface area contributed by atoms with Crippen LogP contribution in [0.1, 0.15) is 138 Å². The highest BCUT2D eigenvalue weighted by atomic mass is 16.6. The molecule has 4 atom stereocenters. The van der Waals surface area contributed by atoms with Crippen LogP contribution in [-0.2, 0) is 27.1 Å². The van der Waals surface area contributed by atoms with E-state index in [4.69, 9.17) is 14.2 Å². The average molecular weight is 535 g/mol. The van der Waals surface area contributed by atoms with Crippen molar-refractivity contribution in [2.24, 2.45) is 0 Å². The second-order valence-corrected chi connectivity index (χ2v) is 11.9. The molecule has 3 nitrogen and oxygen atoms in total. The third-order valence-corrected chi connectivity index (χ3v) is 8.44. The molecule has 4 unspecified atom stereocenters. The first-order valence-electron chi connectivity index (χ1n) is 16.3. The number of ether oxygens (including phenoxy) is 3. The quantitative estimate of drug-likeness (QED) is 0.111. The zero-order valence-electron chi connectivity index (χ0n) is 24.9. The standard InChI is InChI=1S/C36H54O3/c1-3-5-7-9-11-13-15-17-29-19-23-31(24-20-29)35(33-27-37-33)39-36(34-28-38-34)32-25-21-30(22-26-32)18-16-14-12-10-8-6-4-2/h19-26,33-36H,3-18,27-28H2,1-2H3. The number of unbranched alkanes of at least 4 members (excludes halogenated alkanes) is 12. The molecule has 4 rings (SSSR count). The molecular weight excluding hydrogens is 480 g/mol. The van der Waals surface area contributed by atoms with Gasteiger partial charge in [-0.05, 0) is 47.9 Å². The van der Waals surface area contributed by atoms with Gasteiger partial charge in [-0.15, -0.1) is 0 Å². The minimum absolute atomic E-state index is 0.0424. The summed E-state index contributed by atoms with van der Waals surface area (Å²) in [4.78, 5) is 0. The molecule has 2 saturated heterocycles. The van der Waals surface area contributed by atoms with Gasteiger partial charge in [0.15, 0.2) is 0 Å². The van der Waals surface area contributed by atoms with Crippen LogP contribution in [0.2, 0.25) is 0 Å². The van der Waals surface area contributed by atoms with Crippen LogP contribution >= 0.6 is 0 Å². The van der Waals surface area contributed by atoms with E-state index in [0.717, 1.165) is 13.2 Å². The Hall–Kier alpha value is -1.68. The van der Waals surface area contributed by atoms with Crippen molar-refractivity contribution in [2.45, 2.75) is 141 Å². The summed E-state index contributed by atoms with van der Waals surface area (Å²) in [6, 6.07) is 18.2. The maximum Gasteiger partial charge on any atom is 0.112 e. The Morgan fingerprint density at radius 2 is 0.872 bits per heavy atom. The lowest BCUT2D eigenvalue weighted by Gasteiger charge is -2.24. The first-order chi connectivity index (χ1) is 19.3. The van der Waals surface area contributed by atoms with Gasteiger partial charge in [0.2, 0.25) is 0 Å². The molecule has 2 fully saturated rings. The van der Waals surface area contributed by atoms with Crippen LogP contribution in [0.25, 0.3) is 0 Å². The van der Waals surface area contributed by atoms with E-state index in [2.05, 4.69) is 62.4 Å². The normalized spacial score (nSPS) is 19.6. The molecule has 2 aliphatic rings. The van der Waals surface area contributed by atoms with Crippen molar-refractivity contribution in [1.29, 1.82) is 0 Å². The molecule has 216 valence electrons. The van der Waals surface area contributed by atoms with Gasteiger partial charge in [-0.3, -0.25) is 0 Å². The van der Waals surface area contributed by atoms with Crippen molar-refractivity contribution in [1.82, 2.24) is 0 Å². The molecule has 0 radical (unpaired) electrons. The van der Waals surface area contributed by atoms with Gasteiger partial charge in [0.05, 0.1) is 13.2 Å². The van der Waals surface area contributed by atoms with Crippen LogP contribution in [0, 0.1) is 0 Å². The molecule has 0 saturated carbocycles. The van der Waals surface area contributed by atoms with Crippen molar-refractivity contribution >= 4 is 0 Å². The molecular formula is C36H54O3. The monoisotopic (exact) mass is 534 g/mol. The van der Waals surface area contributed by atoms with Gasteiger partial charge in [0.25, 0.3) is 0 Å². The van der Waals surface area contributed by atoms with Gasteiger partial charge in [0.1, 0.15) is 24.4 Å². The summed E-state index contributed by atoms with van der Waals surface area (Å²) in [6.07, 6.45) is 21.5. The summed E-state index contributed by atoms with van der Waals surface area (Å²) in [5.41, 5.74) is 5.31. The summed E-state index contributed by atoms with van der Waals surface area (Å²) in [5, 5.41) is 0. The van der Waals surface area contributed by atoms with Crippen molar-refractivity contribution in [3.63, 3.8) is 0 Å². The smallest absolute Gasteiger partial charge is 0.112 e. The maximum absolute atomic E-state index is 6.79. The van der Waals surface area contributed by atoms with Gasteiger partial charge >= 0.3 is 0 Å². The zero-order valence-corrected chi connectivity index (χ0v) is 24.9. The molecule has 0 aromatic heterocycles. The Kier molecular flexibility index (Phi) is 13.4. The van der Waals surface area contributed by atoms with E-state index in [1.165, 1.54) is 125 Å². The molecule has 2 aromatic rings. The highest BCUT2D eigenvalue weighted by Crippen LogP contribution is 2.40. The number of hydrogen-bond donors (Lipinski definition) is 0. The lowest BCUT2D eigenvalue weighted by atomic mass is 9.99. The van der Waals surface area contributed by atoms with E-state index in [9.17, 15) is 0 Å². The second-order valence-electron chi connectivity index (χ2n) is 11.9. The molecule has 3 heteroatoms. The van der Waals surface area contributed by atoms with Gasteiger partial charge in [-0.25, -0.2) is 0 Å². The number of hydrogen-bond acceptors (Lipinski definition) is 3. The number of benzene rings is 2. The predicted molar refractivity (Wildman–Crippen MR) is 162 cm³/mol. The molecule has 0 amide bonds. The van der Waals surface area contributed by atoms with Gasteiger partial charge in [-0.1, -0.05) is 139 Å². The Balaban J connectivity index is 1.25. The van der Waals surface area contributed by atoms with Gasteiger partial charge in [0, 0.05) is 0 Å². The molecule has 0 N–H and O–H groups in total. The largest absolute Gasteiger partial charge is 0.370 e. The van der Waals surface area contributed by atoms with E-state index in [1.54, 1.807) is 0 Å². The summed E-state index contributed by atoms with van der Waals surface area (Å²) in [5.74, 6) is 0. The van der Waals surface area contributed by atoms with Crippen LogP contribution in [0.3, 0.4) is 0 Å². The third kappa shape index (κ3) is 11.0. The summed E-state index contributed by atoms with van der Waals surface area (Å²) < 4.78 is 18.3. The minimum atomic E-state index is -0.0424. The van der Waals surface area contributed by atoms with Gasteiger partial charge < -0.3 is 14.2 Å². The topological polar surface area (TPSA) is 34.3 Å². The van der Waals surface area contributed by atoms with Crippen molar-refractivity contribution in [2.75, 3.05) is 13.2 Å². The van der Waals surface area contributed by atoms with Crippen LogP contribution in [0.15, 0.2) is 48.5 Å². The van der Waals surface area contributed by atoms with Crippen LogP contribution in [0.5, 0.6) is 0 Å². The first-order valence-corrected chi connectivity index (χ1v) is 16.3. The van der Waals surface area contributed by atoms with Crippen LogP contribution in [-0.4, -0.2) is 25.4 Å². The molecule has 0 spiro atoms. The zero-order chi connectivity index (χ0) is 27.1. The molecule has 0 aliphatic carbocycles. The van der Waals surface area contributed by atoms with E-state index in [-0.39, 0.29) is 24.4 Å². The molecule has 2 heterocycles. The summed E-state index contributed by atoms with van der Waals surface area (Å²) in [6.45, 7) is 6.12. The highest BCUT2D eigenvalue weighted by molar-refractivity contribution is 5.28. The van der Waals surface area contributed by atoms with Crippen LogP contribution in [0.4, 0.5) is 0 Å². The number of rotatable bonds is 22. The Bertz CT molecular complexity index is 822. The Labute approximate surface area is 239 Å². The molecule has 0 bridgehead atoms. The average Bonchev–Trinajstić information content (AvgIpc) is 3.89. The van der Waals surface area contributed by atoms with Crippen molar-refractivity contribution < 1.29 is 14.2 Å². The fraction of sp³-hybridized carbons (Fsp3) is 0.667. The van der Waals surface area contributed by atoms with E-state index < -0.39 is 0 Å². The van der Waals surface area contributed by atoms with Crippen LogP contribution < -0.4 is 0 Å². The molecule has 2 aromatic carbocycles. The number of aryl methyl sites for hydroxylation is 2. The van der Waals surface area contributed by atoms with E-state index >= 15 is 0 Å². The lowest BCUT2D eigenvalue weighted by molar-refractivity contribution is -0.0419. The number of epoxide rings is 2. The molecule has 39 heavy (non-hydrogen) atoms. The SMILES string of the molecule is CCCCCCCCCc1ccc(C(OC(c2ccc(CCCCCCCCC)cc2)C2CO2)C2CO2)cc1. The van der Waals surface area contributed by atoms with E-state index in [0.29, 0.717) is 0 Å². The van der Waals surface area contributed by atoms with Crippen molar-refractivity contribution in [3.05, 3.63) is 70.8 Å². The summed E-state index contributed by atoms with van der Waals surface area (Å²) >= 11 is 0. The lowest BCUT2D eigenvalue weighted by Crippen LogP contribution is -2.19. The fourth-order valence-electron chi connectivity index (χ4n) is 5.70. The third-order valence-electron chi connectivity index (χ3n) is 8.44. The maximum atomic E-state index is 6.79. The first kappa shape index (κ1) is 30.3. The second kappa shape index (κ2) is 17.2. The fourth-order valence-corrected chi connectivity index (χ4v) is 5.70. The summed E-state index contributed by atoms with van der Waals surface area (Å²) in [7, 11) is 0.